The summed E-state index contributed by atoms with van der Waals surface area (Å²) in [6, 6.07) is 6.13. The maximum absolute atomic E-state index is 5.31. The molecule has 1 N–H and O–H groups in total. The largest absolute Gasteiger partial charge is 0.495 e. The van der Waals surface area contributed by atoms with Crippen LogP contribution in [0.25, 0.3) is 0 Å². The Labute approximate surface area is 105 Å². The van der Waals surface area contributed by atoms with Crippen molar-refractivity contribution in [2.24, 2.45) is 0 Å². The maximum atomic E-state index is 5.31. The molecule has 2 rings (SSSR count). The van der Waals surface area contributed by atoms with E-state index in [9.17, 15) is 0 Å². The van der Waals surface area contributed by atoms with Crippen LogP contribution in [0.4, 0.5) is 5.69 Å². The van der Waals surface area contributed by atoms with Crippen molar-refractivity contribution in [1.29, 1.82) is 0 Å². The van der Waals surface area contributed by atoms with Gasteiger partial charge in [0.05, 0.1) is 17.8 Å². The number of ether oxygens (including phenoxy) is 1. The first kappa shape index (κ1) is 11.9. The van der Waals surface area contributed by atoms with Crippen LogP contribution >= 0.6 is 11.3 Å². The molecule has 2 aromatic rings. The molecule has 0 fully saturated rings. The van der Waals surface area contributed by atoms with Crippen LogP contribution in [0.2, 0.25) is 0 Å². The van der Waals surface area contributed by atoms with Gasteiger partial charge < -0.3 is 10.1 Å². The highest BCUT2D eigenvalue weighted by molar-refractivity contribution is 7.09. The lowest BCUT2D eigenvalue weighted by Gasteiger charge is -2.11. The number of hydrogen-bond donors (Lipinski definition) is 1. The summed E-state index contributed by atoms with van der Waals surface area (Å²) in [5.74, 6) is 0.884. The standard InChI is InChI=1S/C13H16N2OS/c1-10-3-4-12(16-2)11(9-10)14-6-5-13-15-7-8-17-13/h3-4,7-9,14H,5-6H2,1-2H3. The SMILES string of the molecule is COc1ccc(C)cc1NCCc1nccs1. The molecule has 0 aliphatic rings. The van der Waals surface area contributed by atoms with Gasteiger partial charge in [-0.1, -0.05) is 6.07 Å². The zero-order valence-corrected chi connectivity index (χ0v) is 10.9. The molecule has 17 heavy (non-hydrogen) atoms. The smallest absolute Gasteiger partial charge is 0.141 e. The number of aromatic nitrogens is 1. The summed E-state index contributed by atoms with van der Waals surface area (Å²) >= 11 is 1.69. The lowest BCUT2D eigenvalue weighted by atomic mass is 10.2. The Morgan fingerprint density at radius 1 is 1.41 bits per heavy atom. The molecule has 0 radical (unpaired) electrons. The minimum absolute atomic E-state index is 0.868. The summed E-state index contributed by atoms with van der Waals surface area (Å²) in [6.45, 7) is 2.94. The van der Waals surface area contributed by atoms with E-state index in [1.807, 2.05) is 23.7 Å². The third-order valence-corrected chi connectivity index (χ3v) is 3.33. The molecule has 1 aromatic heterocycles. The second kappa shape index (κ2) is 5.68. The quantitative estimate of drug-likeness (QED) is 0.882. The third kappa shape index (κ3) is 3.20. The van der Waals surface area contributed by atoms with Crippen molar-refractivity contribution in [3.05, 3.63) is 40.3 Å². The lowest BCUT2D eigenvalue weighted by molar-refractivity contribution is 0.416. The number of benzene rings is 1. The van der Waals surface area contributed by atoms with Crippen LogP contribution in [0.3, 0.4) is 0 Å². The van der Waals surface area contributed by atoms with Crippen LogP contribution in [-0.4, -0.2) is 18.6 Å². The minimum Gasteiger partial charge on any atom is -0.495 e. The minimum atomic E-state index is 0.868. The first-order valence-corrected chi connectivity index (χ1v) is 6.44. The van der Waals surface area contributed by atoms with Crippen molar-refractivity contribution in [3.63, 3.8) is 0 Å². The van der Waals surface area contributed by atoms with E-state index in [-0.39, 0.29) is 0 Å². The van der Waals surface area contributed by atoms with Gasteiger partial charge in [0.15, 0.2) is 0 Å². The number of hydrogen-bond acceptors (Lipinski definition) is 4. The molecule has 0 saturated heterocycles. The summed E-state index contributed by atoms with van der Waals surface area (Å²) in [6.07, 6.45) is 2.78. The van der Waals surface area contributed by atoms with Gasteiger partial charge >= 0.3 is 0 Å². The molecule has 0 spiro atoms. The monoisotopic (exact) mass is 248 g/mol. The Kier molecular flexibility index (Phi) is 3.98. The molecule has 0 saturated carbocycles. The molecule has 0 bridgehead atoms. The Bertz CT molecular complexity index is 468. The number of nitrogens with zero attached hydrogens (tertiary/aromatic N) is 1. The van der Waals surface area contributed by atoms with E-state index in [0.29, 0.717) is 0 Å². The Morgan fingerprint density at radius 3 is 3.00 bits per heavy atom. The average Bonchev–Trinajstić information content (AvgIpc) is 2.82. The zero-order valence-electron chi connectivity index (χ0n) is 10.1. The van der Waals surface area contributed by atoms with E-state index in [4.69, 9.17) is 4.74 Å². The van der Waals surface area contributed by atoms with Crippen molar-refractivity contribution >= 4 is 17.0 Å². The summed E-state index contributed by atoms with van der Waals surface area (Å²) in [5.41, 5.74) is 2.27. The van der Waals surface area contributed by atoms with Gasteiger partial charge in [-0.15, -0.1) is 11.3 Å². The summed E-state index contributed by atoms with van der Waals surface area (Å²) < 4.78 is 5.31. The fourth-order valence-corrected chi connectivity index (χ4v) is 2.26. The van der Waals surface area contributed by atoms with Gasteiger partial charge in [0, 0.05) is 24.5 Å². The van der Waals surface area contributed by atoms with Crippen molar-refractivity contribution < 1.29 is 4.74 Å². The van der Waals surface area contributed by atoms with Crippen molar-refractivity contribution in [2.75, 3.05) is 19.0 Å². The number of aryl methyl sites for hydroxylation is 1. The number of methoxy groups -OCH3 is 1. The summed E-state index contributed by atoms with van der Waals surface area (Å²) in [5, 5.41) is 6.54. The lowest BCUT2D eigenvalue weighted by Crippen LogP contribution is -2.06. The fourth-order valence-electron chi connectivity index (χ4n) is 1.64. The molecule has 0 amide bonds. The molecule has 0 aliphatic carbocycles. The van der Waals surface area contributed by atoms with E-state index in [1.54, 1.807) is 18.4 Å². The highest BCUT2D eigenvalue weighted by atomic mass is 32.1. The molecule has 90 valence electrons. The second-order valence-corrected chi connectivity index (χ2v) is 4.79. The Balaban J connectivity index is 1.96. The first-order chi connectivity index (χ1) is 8.29. The fraction of sp³-hybridized carbons (Fsp3) is 0.308. The van der Waals surface area contributed by atoms with Gasteiger partial charge in [-0.3, -0.25) is 0 Å². The molecule has 3 nitrogen and oxygen atoms in total. The number of anilines is 1. The number of rotatable bonds is 5. The van der Waals surface area contributed by atoms with Crippen LogP contribution < -0.4 is 10.1 Å². The summed E-state index contributed by atoms with van der Waals surface area (Å²) in [7, 11) is 1.69. The second-order valence-electron chi connectivity index (χ2n) is 3.81. The van der Waals surface area contributed by atoms with Gasteiger partial charge in [0.25, 0.3) is 0 Å². The molecule has 0 atom stereocenters. The third-order valence-electron chi connectivity index (χ3n) is 2.49. The van der Waals surface area contributed by atoms with E-state index in [2.05, 4.69) is 23.3 Å². The number of nitrogens with one attached hydrogen (secondary N) is 1. The van der Waals surface area contributed by atoms with Gasteiger partial charge in [-0.2, -0.15) is 0 Å². The highest BCUT2D eigenvalue weighted by Gasteiger charge is 2.02. The van der Waals surface area contributed by atoms with Crippen LogP contribution in [0.1, 0.15) is 10.6 Å². The van der Waals surface area contributed by atoms with Gasteiger partial charge in [0.1, 0.15) is 5.75 Å². The van der Waals surface area contributed by atoms with Crippen molar-refractivity contribution in [1.82, 2.24) is 4.98 Å². The van der Waals surface area contributed by atoms with Crippen LogP contribution in [0, 0.1) is 6.92 Å². The van der Waals surface area contributed by atoms with Crippen molar-refractivity contribution in [3.8, 4) is 5.75 Å². The Hall–Kier alpha value is -1.55. The van der Waals surface area contributed by atoms with Crippen LogP contribution in [0.5, 0.6) is 5.75 Å². The number of thiazole rings is 1. The van der Waals surface area contributed by atoms with Crippen LogP contribution in [0.15, 0.2) is 29.8 Å². The van der Waals surface area contributed by atoms with Crippen LogP contribution in [-0.2, 0) is 6.42 Å². The maximum Gasteiger partial charge on any atom is 0.141 e. The van der Waals surface area contributed by atoms with Gasteiger partial charge in [0.2, 0.25) is 0 Å². The molecular formula is C13H16N2OS. The summed E-state index contributed by atoms with van der Waals surface area (Å²) in [4.78, 5) is 4.25. The van der Waals surface area contributed by atoms with E-state index < -0.39 is 0 Å². The molecular weight excluding hydrogens is 232 g/mol. The molecule has 1 heterocycles. The first-order valence-electron chi connectivity index (χ1n) is 5.56. The molecule has 0 unspecified atom stereocenters. The van der Waals surface area contributed by atoms with Gasteiger partial charge in [-0.05, 0) is 24.6 Å². The van der Waals surface area contributed by atoms with E-state index in [0.717, 1.165) is 29.4 Å². The normalized spacial score (nSPS) is 10.2. The average molecular weight is 248 g/mol. The van der Waals surface area contributed by atoms with E-state index >= 15 is 0 Å². The predicted molar refractivity (Wildman–Crippen MR) is 72.0 cm³/mol. The molecule has 4 heteroatoms. The Morgan fingerprint density at radius 2 is 2.29 bits per heavy atom. The van der Waals surface area contributed by atoms with Gasteiger partial charge in [-0.25, -0.2) is 4.98 Å². The highest BCUT2D eigenvalue weighted by Crippen LogP contribution is 2.25. The topological polar surface area (TPSA) is 34.1 Å². The molecule has 0 aliphatic heterocycles. The zero-order chi connectivity index (χ0) is 12.1. The van der Waals surface area contributed by atoms with E-state index in [1.165, 1.54) is 5.56 Å². The van der Waals surface area contributed by atoms with Crippen molar-refractivity contribution in [2.45, 2.75) is 13.3 Å². The molecule has 1 aromatic carbocycles. The predicted octanol–water partition coefficient (Wildman–Crippen LogP) is 3.11.